The standard InChI is InChI=1S/C19H17N5S/c1-25-19-23-17(14-8-5-9-15(21)10-14)16(11-20)18(24-19)22-12-13-6-3-2-4-7-13/h2-10H,12,21H2,1H3,(H,22,23,24). The maximum Gasteiger partial charge on any atom is 0.189 e. The molecule has 0 atom stereocenters. The predicted molar refractivity (Wildman–Crippen MR) is 102 cm³/mol. The van der Waals surface area contributed by atoms with Crippen LogP contribution in [0.3, 0.4) is 0 Å². The smallest absolute Gasteiger partial charge is 0.189 e. The molecule has 3 N–H and O–H groups in total. The number of aromatic nitrogens is 2. The SMILES string of the molecule is CSc1nc(NCc2ccccc2)c(C#N)c(-c2cccc(N)c2)n1. The third-order valence-electron chi connectivity index (χ3n) is 3.65. The fourth-order valence-electron chi connectivity index (χ4n) is 2.44. The summed E-state index contributed by atoms with van der Waals surface area (Å²) in [5.74, 6) is 0.531. The van der Waals surface area contributed by atoms with Gasteiger partial charge in [-0.3, -0.25) is 0 Å². The van der Waals surface area contributed by atoms with Crippen molar-refractivity contribution in [2.75, 3.05) is 17.3 Å². The summed E-state index contributed by atoms with van der Waals surface area (Å²) in [5.41, 5.74) is 9.43. The van der Waals surface area contributed by atoms with Crippen molar-refractivity contribution >= 4 is 23.3 Å². The Balaban J connectivity index is 2.03. The highest BCUT2D eigenvalue weighted by atomic mass is 32.2. The first-order valence-corrected chi connectivity index (χ1v) is 8.93. The van der Waals surface area contributed by atoms with Crippen LogP contribution < -0.4 is 11.1 Å². The Hall–Kier alpha value is -3.04. The summed E-state index contributed by atoms with van der Waals surface area (Å²) in [6.07, 6.45) is 1.91. The van der Waals surface area contributed by atoms with Crippen molar-refractivity contribution < 1.29 is 0 Å². The van der Waals surface area contributed by atoms with Gasteiger partial charge in [0.2, 0.25) is 0 Å². The van der Waals surface area contributed by atoms with Gasteiger partial charge in [0.05, 0.1) is 5.69 Å². The minimum atomic E-state index is 0.416. The van der Waals surface area contributed by atoms with Gasteiger partial charge in [0, 0.05) is 17.8 Å². The normalized spacial score (nSPS) is 10.2. The van der Waals surface area contributed by atoms with Crippen molar-refractivity contribution in [2.45, 2.75) is 11.7 Å². The van der Waals surface area contributed by atoms with Gasteiger partial charge in [0.1, 0.15) is 17.5 Å². The second-order valence-electron chi connectivity index (χ2n) is 5.36. The monoisotopic (exact) mass is 347 g/mol. The van der Waals surface area contributed by atoms with Gasteiger partial charge in [-0.05, 0) is 24.0 Å². The van der Waals surface area contributed by atoms with Gasteiger partial charge in [-0.2, -0.15) is 5.26 Å². The van der Waals surface area contributed by atoms with E-state index in [2.05, 4.69) is 21.4 Å². The highest BCUT2D eigenvalue weighted by Crippen LogP contribution is 2.29. The lowest BCUT2D eigenvalue weighted by molar-refractivity contribution is 0.955. The average molecular weight is 347 g/mol. The molecule has 0 bridgehead atoms. The molecule has 5 nitrogen and oxygen atoms in total. The minimum absolute atomic E-state index is 0.416. The Morgan fingerprint density at radius 3 is 2.60 bits per heavy atom. The summed E-state index contributed by atoms with van der Waals surface area (Å²) in [6.45, 7) is 0.580. The Bertz CT molecular complexity index is 919. The highest BCUT2D eigenvalue weighted by Gasteiger charge is 2.16. The van der Waals surface area contributed by atoms with Gasteiger partial charge in [-0.15, -0.1) is 0 Å². The molecule has 0 fully saturated rings. The Morgan fingerprint density at radius 2 is 1.92 bits per heavy atom. The number of nitriles is 1. The van der Waals surface area contributed by atoms with E-state index in [4.69, 9.17) is 5.73 Å². The molecule has 0 amide bonds. The van der Waals surface area contributed by atoms with Crippen LogP contribution in [-0.2, 0) is 6.54 Å². The zero-order valence-corrected chi connectivity index (χ0v) is 14.5. The molecule has 0 aliphatic heterocycles. The van der Waals surface area contributed by atoms with E-state index in [-0.39, 0.29) is 0 Å². The molecule has 124 valence electrons. The van der Waals surface area contributed by atoms with E-state index < -0.39 is 0 Å². The van der Waals surface area contributed by atoms with Crippen LogP contribution in [0.5, 0.6) is 0 Å². The van der Waals surface area contributed by atoms with Crippen LogP contribution in [0.15, 0.2) is 59.8 Å². The Kier molecular flexibility index (Phi) is 5.17. The molecular weight excluding hydrogens is 330 g/mol. The molecule has 0 radical (unpaired) electrons. The first kappa shape index (κ1) is 16.8. The highest BCUT2D eigenvalue weighted by molar-refractivity contribution is 7.98. The Labute approximate surface area is 150 Å². The number of rotatable bonds is 5. The van der Waals surface area contributed by atoms with Crippen molar-refractivity contribution in [3.63, 3.8) is 0 Å². The van der Waals surface area contributed by atoms with Crippen molar-refractivity contribution in [1.29, 1.82) is 5.26 Å². The fourth-order valence-corrected chi connectivity index (χ4v) is 2.81. The number of hydrogen-bond donors (Lipinski definition) is 2. The van der Waals surface area contributed by atoms with Gasteiger partial charge < -0.3 is 11.1 Å². The summed E-state index contributed by atoms with van der Waals surface area (Å²) in [5, 5.41) is 13.5. The van der Waals surface area contributed by atoms with Gasteiger partial charge in [-0.1, -0.05) is 54.2 Å². The van der Waals surface area contributed by atoms with E-state index in [1.807, 2.05) is 54.8 Å². The molecule has 6 heteroatoms. The molecule has 3 aromatic rings. The van der Waals surface area contributed by atoms with Gasteiger partial charge in [0.15, 0.2) is 5.16 Å². The van der Waals surface area contributed by atoms with E-state index in [0.29, 0.717) is 34.5 Å². The van der Waals surface area contributed by atoms with Crippen LogP contribution in [0.25, 0.3) is 11.3 Å². The molecule has 0 unspecified atom stereocenters. The quantitative estimate of drug-likeness (QED) is 0.413. The third kappa shape index (κ3) is 3.90. The van der Waals surface area contributed by atoms with Crippen molar-refractivity contribution in [3.05, 3.63) is 65.7 Å². The van der Waals surface area contributed by atoms with E-state index in [0.717, 1.165) is 11.1 Å². The Morgan fingerprint density at radius 1 is 1.12 bits per heavy atom. The van der Waals surface area contributed by atoms with Crippen molar-refractivity contribution in [2.24, 2.45) is 0 Å². The molecule has 0 spiro atoms. The number of nitrogens with one attached hydrogen (secondary N) is 1. The molecule has 25 heavy (non-hydrogen) atoms. The molecule has 0 aliphatic rings. The molecule has 2 aromatic carbocycles. The minimum Gasteiger partial charge on any atom is -0.399 e. The van der Waals surface area contributed by atoms with Crippen molar-refractivity contribution in [3.8, 4) is 17.3 Å². The van der Waals surface area contributed by atoms with Crippen LogP contribution in [0.4, 0.5) is 11.5 Å². The van der Waals surface area contributed by atoms with Gasteiger partial charge in [-0.25, -0.2) is 9.97 Å². The molecular formula is C19H17N5S. The second-order valence-corrected chi connectivity index (χ2v) is 6.13. The molecule has 1 aromatic heterocycles. The topological polar surface area (TPSA) is 87.6 Å². The van der Waals surface area contributed by atoms with Crippen LogP contribution in [0.2, 0.25) is 0 Å². The number of hydrogen-bond acceptors (Lipinski definition) is 6. The lowest BCUT2D eigenvalue weighted by Crippen LogP contribution is -2.07. The van der Waals surface area contributed by atoms with Crippen LogP contribution in [0.1, 0.15) is 11.1 Å². The zero-order chi connectivity index (χ0) is 17.6. The van der Waals surface area contributed by atoms with E-state index >= 15 is 0 Å². The maximum atomic E-state index is 9.68. The lowest BCUT2D eigenvalue weighted by Gasteiger charge is -2.12. The van der Waals surface area contributed by atoms with Gasteiger partial charge in [0.25, 0.3) is 0 Å². The van der Waals surface area contributed by atoms with Crippen LogP contribution in [0, 0.1) is 11.3 Å². The number of thioether (sulfide) groups is 1. The van der Waals surface area contributed by atoms with E-state index in [9.17, 15) is 5.26 Å². The van der Waals surface area contributed by atoms with Crippen molar-refractivity contribution in [1.82, 2.24) is 9.97 Å². The first-order valence-electron chi connectivity index (χ1n) is 7.71. The molecule has 0 saturated heterocycles. The summed E-state index contributed by atoms with van der Waals surface area (Å²) < 4.78 is 0. The number of benzene rings is 2. The molecule has 1 heterocycles. The summed E-state index contributed by atoms with van der Waals surface area (Å²) in [6, 6.07) is 19.6. The van der Waals surface area contributed by atoms with Crippen LogP contribution in [-0.4, -0.2) is 16.2 Å². The van der Waals surface area contributed by atoms with E-state index in [1.54, 1.807) is 6.07 Å². The van der Waals surface area contributed by atoms with Crippen LogP contribution >= 0.6 is 11.8 Å². The number of nitrogen functional groups attached to an aromatic ring is 1. The third-order valence-corrected chi connectivity index (χ3v) is 4.19. The molecule has 0 saturated carbocycles. The number of anilines is 2. The zero-order valence-electron chi connectivity index (χ0n) is 13.7. The summed E-state index contributed by atoms with van der Waals surface area (Å²) >= 11 is 1.43. The molecule has 0 aliphatic carbocycles. The fraction of sp³-hybridized carbons (Fsp3) is 0.105. The largest absolute Gasteiger partial charge is 0.399 e. The predicted octanol–water partition coefficient (Wildman–Crippen LogP) is 3.93. The maximum absolute atomic E-state index is 9.68. The first-order chi connectivity index (χ1) is 12.2. The number of nitrogens with zero attached hydrogens (tertiary/aromatic N) is 3. The van der Waals surface area contributed by atoms with E-state index in [1.165, 1.54) is 11.8 Å². The summed E-state index contributed by atoms with van der Waals surface area (Å²) in [4.78, 5) is 9.00. The summed E-state index contributed by atoms with van der Waals surface area (Å²) in [7, 11) is 0. The second kappa shape index (κ2) is 7.69. The number of nitrogens with two attached hydrogens (primary N) is 1. The van der Waals surface area contributed by atoms with Gasteiger partial charge >= 0.3 is 0 Å². The average Bonchev–Trinajstić information content (AvgIpc) is 2.66. The molecule has 3 rings (SSSR count). The lowest BCUT2D eigenvalue weighted by atomic mass is 10.1.